The van der Waals surface area contributed by atoms with E-state index in [9.17, 15) is 0 Å². The molecule has 0 bridgehead atoms. The van der Waals surface area contributed by atoms with Gasteiger partial charge >= 0.3 is 0 Å². The SMILES string of the molecule is ClC1=C2SC=CC2N=CC1. The summed E-state index contributed by atoms with van der Waals surface area (Å²) in [4.78, 5) is 5.48. The second-order valence-corrected chi connectivity index (χ2v) is 3.60. The molecule has 2 aliphatic heterocycles. The number of rotatable bonds is 0. The number of dihydropyridines is 1. The average Bonchev–Trinajstić information content (AvgIpc) is 2.36. The fourth-order valence-corrected chi connectivity index (χ4v) is 2.21. The van der Waals surface area contributed by atoms with Crippen LogP contribution in [0.15, 0.2) is 26.4 Å². The minimum absolute atomic E-state index is 0.242. The van der Waals surface area contributed by atoms with E-state index in [1.54, 1.807) is 11.8 Å². The van der Waals surface area contributed by atoms with Gasteiger partial charge in [-0.25, -0.2) is 0 Å². The van der Waals surface area contributed by atoms with E-state index in [0.29, 0.717) is 0 Å². The van der Waals surface area contributed by atoms with E-state index < -0.39 is 0 Å². The molecular weight excluding hydrogens is 166 g/mol. The monoisotopic (exact) mass is 171 g/mol. The first-order valence-electron chi connectivity index (χ1n) is 3.11. The van der Waals surface area contributed by atoms with Crippen LogP contribution in [0.5, 0.6) is 0 Å². The van der Waals surface area contributed by atoms with Gasteiger partial charge in [-0.3, -0.25) is 4.99 Å². The van der Waals surface area contributed by atoms with Crippen molar-refractivity contribution in [3.05, 3.63) is 21.4 Å². The first-order chi connectivity index (χ1) is 4.88. The minimum Gasteiger partial charge on any atom is -0.284 e. The van der Waals surface area contributed by atoms with Crippen molar-refractivity contribution in [2.75, 3.05) is 0 Å². The van der Waals surface area contributed by atoms with Crippen molar-refractivity contribution in [3.63, 3.8) is 0 Å². The van der Waals surface area contributed by atoms with Gasteiger partial charge in [-0.15, -0.1) is 0 Å². The highest BCUT2D eigenvalue weighted by Crippen LogP contribution is 2.37. The van der Waals surface area contributed by atoms with E-state index >= 15 is 0 Å². The summed E-state index contributed by atoms with van der Waals surface area (Å²) in [6, 6.07) is 0.242. The summed E-state index contributed by atoms with van der Waals surface area (Å²) in [6.45, 7) is 0. The maximum Gasteiger partial charge on any atom is 0.101 e. The molecule has 0 saturated carbocycles. The summed E-state index contributed by atoms with van der Waals surface area (Å²) >= 11 is 7.63. The molecule has 3 heteroatoms. The van der Waals surface area contributed by atoms with Crippen LogP contribution in [0.3, 0.4) is 0 Å². The topological polar surface area (TPSA) is 12.4 Å². The fraction of sp³-hybridized carbons (Fsp3) is 0.286. The van der Waals surface area contributed by atoms with Gasteiger partial charge in [-0.05, 0) is 11.5 Å². The number of thioether (sulfide) groups is 1. The molecule has 1 atom stereocenters. The Labute approximate surface area is 68.9 Å². The second kappa shape index (κ2) is 2.44. The van der Waals surface area contributed by atoms with Gasteiger partial charge in [-0.2, -0.15) is 0 Å². The number of halogens is 1. The summed E-state index contributed by atoms with van der Waals surface area (Å²) in [7, 11) is 0. The van der Waals surface area contributed by atoms with E-state index in [1.807, 2.05) is 11.6 Å². The van der Waals surface area contributed by atoms with Crippen LogP contribution >= 0.6 is 23.4 Å². The quantitative estimate of drug-likeness (QED) is 0.546. The van der Waals surface area contributed by atoms with Crippen molar-refractivity contribution in [2.24, 2.45) is 4.99 Å². The zero-order valence-corrected chi connectivity index (χ0v) is 6.82. The predicted molar refractivity (Wildman–Crippen MR) is 46.5 cm³/mol. The van der Waals surface area contributed by atoms with Crippen LogP contribution in [-0.2, 0) is 0 Å². The molecule has 10 heavy (non-hydrogen) atoms. The molecule has 0 aromatic carbocycles. The molecule has 0 aromatic rings. The predicted octanol–water partition coefficient (Wildman–Crippen LogP) is 2.54. The number of hydrogen-bond donors (Lipinski definition) is 0. The molecule has 1 unspecified atom stereocenters. The third kappa shape index (κ3) is 0.917. The third-order valence-electron chi connectivity index (χ3n) is 1.53. The van der Waals surface area contributed by atoms with Gasteiger partial charge in [0.25, 0.3) is 0 Å². The lowest BCUT2D eigenvalue weighted by Gasteiger charge is -2.11. The van der Waals surface area contributed by atoms with E-state index in [-0.39, 0.29) is 6.04 Å². The Balaban J connectivity index is 2.36. The highest BCUT2D eigenvalue weighted by molar-refractivity contribution is 8.06. The summed E-state index contributed by atoms with van der Waals surface area (Å²) in [5.41, 5.74) is 0. The van der Waals surface area contributed by atoms with Crippen LogP contribution in [0.25, 0.3) is 0 Å². The standard InChI is InChI=1S/C7H6ClNS/c8-5-1-3-9-6-2-4-10-7(5)6/h2-4,6H,1H2. The van der Waals surface area contributed by atoms with Crippen molar-refractivity contribution in [1.29, 1.82) is 0 Å². The van der Waals surface area contributed by atoms with Crippen LogP contribution in [0.1, 0.15) is 6.42 Å². The molecule has 0 radical (unpaired) electrons. The highest BCUT2D eigenvalue weighted by atomic mass is 35.5. The van der Waals surface area contributed by atoms with Gasteiger partial charge in [-0.1, -0.05) is 23.4 Å². The lowest BCUT2D eigenvalue weighted by Crippen LogP contribution is -2.04. The van der Waals surface area contributed by atoms with Crippen molar-refractivity contribution in [3.8, 4) is 0 Å². The van der Waals surface area contributed by atoms with Crippen LogP contribution in [0.4, 0.5) is 0 Å². The maximum atomic E-state index is 5.95. The van der Waals surface area contributed by atoms with Crippen LogP contribution < -0.4 is 0 Å². The highest BCUT2D eigenvalue weighted by Gasteiger charge is 2.20. The lowest BCUT2D eigenvalue weighted by molar-refractivity contribution is 0.992. The normalized spacial score (nSPS) is 29.5. The number of hydrogen-bond acceptors (Lipinski definition) is 2. The lowest BCUT2D eigenvalue weighted by atomic mass is 10.2. The molecule has 0 spiro atoms. The zero-order chi connectivity index (χ0) is 6.97. The van der Waals surface area contributed by atoms with Gasteiger partial charge in [0, 0.05) is 22.6 Å². The number of fused-ring (bicyclic) bond motifs is 1. The Hall–Kier alpha value is -0.210. The molecule has 0 aromatic heterocycles. The Morgan fingerprint density at radius 2 is 2.60 bits per heavy atom. The Kier molecular flexibility index (Phi) is 1.58. The van der Waals surface area contributed by atoms with E-state index in [1.165, 1.54) is 4.91 Å². The molecule has 2 aliphatic rings. The van der Waals surface area contributed by atoms with Crippen LogP contribution in [0.2, 0.25) is 0 Å². The maximum absolute atomic E-state index is 5.95. The average molecular weight is 172 g/mol. The molecule has 0 aliphatic carbocycles. The fourth-order valence-electron chi connectivity index (χ4n) is 1.03. The van der Waals surface area contributed by atoms with Crippen LogP contribution in [-0.4, -0.2) is 12.3 Å². The minimum atomic E-state index is 0.242. The van der Waals surface area contributed by atoms with Gasteiger partial charge < -0.3 is 0 Å². The molecule has 2 heterocycles. The van der Waals surface area contributed by atoms with E-state index in [2.05, 4.69) is 11.1 Å². The van der Waals surface area contributed by atoms with Gasteiger partial charge in [0.2, 0.25) is 0 Å². The van der Waals surface area contributed by atoms with E-state index in [0.717, 1.165) is 11.5 Å². The van der Waals surface area contributed by atoms with Crippen LogP contribution in [0, 0.1) is 0 Å². The number of allylic oxidation sites excluding steroid dienone is 1. The van der Waals surface area contributed by atoms with Gasteiger partial charge in [0.15, 0.2) is 0 Å². The molecule has 0 saturated heterocycles. The molecule has 1 nitrogen and oxygen atoms in total. The zero-order valence-electron chi connectivity index (χ0n) is 5.25. The molecule has 0 N–H and O–H groups in total. The molecule has 0 fully saturated rings. The first kappa shape index (κ1) is 6.50. The largest absolute Gasteiger partial charge is 0.284 e. The van der Waals surface area contributed by atoms with E-state index in [4.69, 9.17) is 11.6 Å². The Bertz CT molecular complexity index is 242. The third-order valence-corrected chi connectivity index (χ3v) is 3.03. The van der Waals surface area contributed by atoms with Crippen molar-refractivity contribution in [2.45, 2.75) is 12.5 Å². The molecule has 2 rings (SSSR count). The Morgan fingerprint density at radius 3 is 3.40 bits per heavy atom. The van der Waals surface area contributed by atoms with Gasteiger partial charge in [0.1, 0.15) is 6.04 Å². The molecule has 0 amide bonds. The Morgan fingerprint density at radius 1 is 1.70 bits per heavy atom. The summed E-state index contributed by atoms with van der Waals surface area (Å²) in [5, 5.41) is 3.00. The molecule has 52 valence electrons. The van der Waals surface area contributed by atoms with Gasteiger partial charge in [0.05, 0.1) is 0 Å². The first-order valence-corrected chi connectivity index (χ1v) is 4.37. The summed E-state index contributed by atoms with van der Waals surface area (Å²) < 4.78 is 0. The van der Waals surface area contributed by atoms with Crippen molar-refractivity contribution < 1.29 is 0 Å². The number of nitrogens with zero attached hydrogens (tertiary/aromatic N) is 1. The number of aliphatic imine (C=N–C) groups is 1. The molecular formula is C7H6ClNS. The second-order valence-electron chi connectivity index (χ2n) is 2.20. The van der Waals surface area contributed by atoms with Crippen molar-refractivity contribution >= 4 is 29.6 Å². The summed E-state index contributed by atoms with van der Waals surface area (Å²) in [6.07, 6.45) is 4.76. The summed E-state index contributed by atoms with van der Waals surface area (Å²) in [5.74, 6) is 0. The smallest absolute Gasteiger partial charge is 0.101 e. The van der Waals surface area contributed by atoms with Crippen molar-refractivity contribution in [1.82, 2.24) is 0 Å².